The monoisotopic (exact) mass is 175 g/mol. The van der Waals surface area contributed by atoms with Crippen molar-refractivity contribution in [2.75, 3.05) is 0 Å². The standard InChI is InChI=1S/C9H9N3O/c1-7-10-11-9(13)12(7)8-5-3-2-4-6-8/h2-6H,1H3,(H,11,13). The summed E-state index contributed by atoms with van der Waals surface area (Å²) in [6.07, 6.45) is 0. The molecule has 0 bridgehead atoms. The summed E-state index contributed by atoms with van der Waals surface area (Å²) < 4.78 is 1.53. The molecule has 0 atom stereocenters. The number of aromatic nitrogens is 3. The van der Waals surface area contributed by atoms with Crippen LogP contribution in [0, 0.1) is 6.92 Å². The minimum Gasteiger partial charge on any atom is -0.247 e. The van der Waals surface area contributed by atoms with Crippen LogP contribution in [0.1, 0.15) is 5.82 Å². The maximum atomic E-state index is 11.3. The molecule has 0 aliphatic rings. The van der Waals surface area contributed by atoms with Gasteiger partial charge in [0.05, 0.1) is 5.69 Å². The number of aromatic amines is 1. The normalized spacial score (nSPS) is 10.2. The lowest BCUT2D eigenvalue weighted by molar-refractivity contribution is 0.944. The molecule has 0 amide bonds. The van der Waals surface area contributed by atoms with Crippen molar-refractivity contribution in [3.63, 3.8) is 0 Å². The van der Waals surface area contributed by atoms with Crippen LogP contribution in [0.4, 0.5) is 0 Å². The maximum absolute atomic E-state index is 11.3. The number of benzene rings is 1. The van der Waals surface area contributed by atoms with Crippen molar-refractivity contribution in [1.82, 2.24) is 14.8 Å². The van der Waals surface area contributed by atoms with Gasteiger partial charge in [-0.1, -0.05) is 18.2 Å². The fourth-order valence-electron chi connectivity index (χ4n) is 1.26. The van der Waals surface area contributed by atoms with Gasteiger partial charge in [0, 0.05) is 0 Å². The number of aryl methyl sites for hydroxylation is 1. The van der Waals surface area contributed by atoms with Crippen LogP contribution < -0.4 is 5.69 Å². The smallest absolute Gasteiger partial charge is 0.247 e. The van der Waals surface area contributed by atoms with Gasteiger partial charge in [-0.05, 0) is 19.1 Å². The Morgan fingerprint density at radius 3 is 2.54 bits per heavy atom. The lowest BCUT2D eigenvalue weighted by Gasteiger charge is -2.00. The summed E-state index contributed by atoms with van der Waals surface area (Å²) in [6.45, 7) is 1.78. The molecule has 1 aromatic carbocycles. The average Bonchev–Trinajstić information content (AvgIpc) is 2.48. The quantitative estimate of drug-likeness (QED) is 0.699. The van der Waals surface area contributed by atoms with Crippen LogP contribution in [0.2, 0.25) is 0 Å². The van der Waals surface area contributed by atoms with Gasteiger partial charge in [0.25, 0.3) is 0 Å². The van der Waals surface area contributed by atoms with Crippen LogP contribution in [-0.4, -0.2) is 14.8 Å². The van der Waals surface area contributed by atoms with E-state index in [2.05, 4.69) is 10.2 Å². The van der Waals surface area contributed by atoms with Gasteiger partial charge in [0.15, 0.2) is 0 Å². The molecule has 1 heterocycles. The van der Waals surface area contributed by atoms with Gasteiger partial charge in [-0.25, -0.2) is 14.5 Å². The highest BCUT2D eigenvalue weighted by molar-refractivity contribution is 5.31. The topological polar surface area (TPSA) is 50.7 Å². The summed E-state index contributed by atoms with van der Waals surface area (Å²) in [6, 6.07) is 9.40. The van der Waals surface area contributed by atoms with Gasteiger partial charge in [0.2, 0.25) is 0 Å². The Bertz CT molecular complexity index is 455. The zero-order chi connectivity index (χ0) is 9.26. The van der Waals surface area contributed by atoms with Gasteiger partial charge in [-0.3, -0.25) is 0 Å². The predicted molar refractivity (Wildman–Crippen MR) is 48.9 cm³/mol. The Morgan fingerprint density at radius 1 is 1.31 bits per heavy atom. The largest absolute Gasteiger partial charge is 0.347 e. The van der Waals surface area contributed by atoms with E-state index >= 15 is 0 Å². The Morgan fingerprint density at radius 2 is 2.00 bits per heavy atom. The lowest BCUT2D eigenvalue weighted by atomic mass is 10.3. The third kappa shape index (κ3) is 1.26. The molecule has 0 unspecified atom stereocenters. The maximum Gasteiger partial charge on any atom is 0.347 e. The van der Waals surface area contributed by atoms with E-state index in [0.29, 0.717) is 5.82 Å². The average molecular weight is 175 g/mol. The highest BCUT2D eigenvalue weighted by atomic mass is 16.1. The zero-order valence-electron chi connectivity index (χ0n) is 7.19. The molecule has 66 valence electrons. The van der Waals surface area contributed by atoms with E-state index in [1.165, 1.54) is 4.57 Å². The summed E-state index contributed by atoms with van der Waals surface area (Å²) in [7, 11) is 0. The summed E-state index contributed by atoms with van der Waals surface area (Å²) in [4.78, 5) is 11.3. The van der Waals surface area contributed by atoms with Gasteiger partial charge in [-0.2, -0.15) is 5.10 Å². The number of H-pyrrole nitrogens is 1. The van der Waals surface area contributed by atoms with Crippen molar-refractivity contribution in [3.05, 3.63) is 46.6 Å². The third-order valence-electron chi connectivity index (χ3n) is 1.85. The van der Waals surface area contributed by atoms with E-state index in [1.807, 2.05) is 30.3 Å². The first-order valence-corrected chi connectivity index (χ1v) is 3.98. The first-order valence-electron chi connectivity index (χ1n) is 3.98. The molecular formula is C9H9N3O. The molecule has 13 heavy (non-hydrogen) atoms. The second-order valence-corrected chi connectivity index (χ2v) is 2.75. The van der Waals surface area contributed by atoms with Crippen molar-refractivity contribution in [1.29, 1.82) is 0 Å². The summed E-state index contributed by atoms with van der Waals surface area (Å²) >= 11 is 0. The number of para-hydroxylation sites is 1. The Hall–Kier alpha value is -1.84. The van der Waals surface area contributed by atoms with E-state index in [9.17, 15) is 4.79 Å². The second kappa shape index (κ2) is 2.90. The van der Waals surface area contributed by atoms with Crippen LogP contribution in [0.3, 0.4) is 0 Å². The molecule has 0 aliphatic heterocycles. The molecule has 0 aliphatic carbocycles. The second-order valence-electron chi connectivity index (χ2n) is 2.75. The fourth-order valence-corrected chi connectivity index (χ4v) is 1.26. The first-order chi connectivity index (χ1) is 6.29. The van der Waals surface area contributed by atoms with E-state index in [1.54, 1.807) is 6.92 Å². The molecule has 0 saturated carbocycles. The predicted octanol–water partition coefficient (Wildman–Crippen LogP) is 0.869. The highest BCUT2D eigenvalue weighted by Crippen LogP contribution is 2.04. The van der Waals surface area contributed by atoms with Crippen molar-refractivity contribution in [2.24, 2.45) is 0 Å². The molecule has 2 rings (SSSR count). The third-order valence-corrected chi connectivity index (χ3v) is 1.85. The fraction of sp³-hybridized carbons (Fsp3) is 0.111. The van der Waals surface area contributed by atoms with Crippen molar-refractivity contribution >= 4 is 0 Å². The number of rotatable bonds is 1. The molecular weight excluding hydrogens is 166 g/mol. The van der Waals surface area contributed by atoms with Crippen LogP contribution in [0.15, 0.2) is 35.1 Å². The molecule has 0 radical (unpaired) electrons. The first kappa shape index (κ1) is 7.79. The Kier molecular flexibility index (Phi) is 1.73. The number of hydrogen-bond acceptors (Lipinski definition) is 2. The molecule has 4 heteroatoms. The highest BCUT2D eigenvalue weighted by Gasteiger charge is 2.03. The zero-order valence-corrected chi connectivity index (χ0v) is 7.19. The van der Waals surface area contributed by atoms with Crippen LogP contribution in [0.5, 0.6) is 0 Å². The van der Waals surface area contributed by atoms with Crippen molar-refractivity contribution in [3.8, 4) is 5.69 Å². The molecule has 0 saturated heterocycles. The van der Waals surface area contributed by atoms with Crippen molar-refractivity contribution in [2.45, 2.75) is 6.92 Å². The van der Waals surface area contributed by atoms with E-state index in [-0.39, 0.29) is 5.69 Å². The van der Waals surface area contributed by atoms with Crippen LogP contribution in [0.25, 0.3) is 5.69 Å². The molecule has 1 aromatic heterocycles. The molecule has 4 nitrogen and oxygen atoms in total. The molecule has 0 spiro atoms. The SMILES string of the molecule is Cc1n[nH]c(=O)n1-c1ccccc1. The number of nitrogens with one attached hydrogen (secondary N) is 1. The minimum absolute atomic E-state index is 0.205. The van der Waals surface area contributed by atoms with Gasteiger partial charge in [-0.15, -0.1) is 0 Å². The van der Waals surface area contributed by atoms with E-state index in [0.717, 1.165) is 5.69 Å². The van der Waals surface area contributed by atoms with Gasteiger partial charge in [0.1, 0.15) is 5.82 Å². The van der Waals surface area contributed by atoms with E-state index < -0.39 is 0 Å². The number of hydrogen-bond donors (Lipinski definition) is 1. The Balaban J connectivity index is 2.65. The van der Waals surface area contributed by atoms with Gasteiger partial charge >= 0.3 is 5.69 Å². The van der Waals surface area contributed by atoms with E-state index in [4.69, 9.17) is 0 Å². The summed E-state index contributed by atoms with van der Waals surface area (Å²) in [5.74, 6) is 0.663. The molecule has 0 fully saturated rings. The van der Waals surface area contributed by atoms with Crippen molar-refractivity contribution < 1.29 is 0 Å². The van der Waals surface area contributed by atoms with Crippen LogP contribution >= 0.6 is 0 Å². The Labute approximate surface area is 74.8 Å². The van der Waals surface area contributed by atoms with Gasteiger partial charge < -0.3 is 0 Å². The number of nitrogens with zero attached hydrogens (tertiary/aromatic N) is 2. The minimum atomic E-state index is -0.205. The summed E-state index contributed by atoms with van der Waals surface area (Å²) in [5, 5.41) is 6.21. The lowest BCUT2D eigenvalue weighted by Crippen LogP contribution is -2.15. The van der Waals surface area contributed by atoms with Crippen LogP contribution in [-0.2, 0) is 0 Å². The molecule has 2 aromatic rings. The summed E-state index contributed by atoms with van der Waals surface area (Å²) in [5.41, 5.74) is 0.627. The molecule has 1 N–H and O–H groups in total.